The zero-order chi connectivity index (χ0) is 30.0. The van der Waals surface area contributed by atoms with E-state index in [-0.39, 0.29) is 23.9 Å². The normalized spacial score (nSPS) is 16.9. The van der Waals surface area contributed by atoms with Gasteiger partial charge in [0.1, 0.15) is 0 Å². The van der Waals surface area contributed by atoms with Crippen LogP contribution < -0.4 is 20.3 Å². The van der Waals surface area contributed by atoms with Gasteiger partial charge < -0.3 is 16.0 Å². The van der Waals surface area contributed by atoms with E-state index in [1.807, 2.05) is 26.0 Å². The molecule has 3 rings (SSSR count). The molecule has 0 saturated heterocycles. The van der Waals surface area contributed by atoms with Crippen molar-refractivity contribution in [3.8, 4) is 0 Å². The highest BCUT2D eigenvalue weighted by Crippen LogP contribution is 2.24. The summed E-state index contributed by atoms with van der Waals surface area (Å²) in [4.78, 5) is 26.5. The summed E-state index contributed by atoms with van der Waals surface area (Å²) in [5.74, 6) is 0.0686. The minimum absolute atomic E-state index is 0.0375. The van der Waals surface area contributed by atoms with Gasteiger partial charge in [0.25, 0.3) is 5.91 Å². The molecule has 2 aromatic rings. The number of benzene rings is 2. The molecule has 2 aromatic carbocycles. The van der Waals surface area contributed by atoms with Crippen molar-refractivity contribution in [3.05, 3.63) is 64.7 Å². The van der Waals surface area contributed by atoms with Crippen molar-refractivity contribution in [2.24, 2.45) is 5.92 Å². The first kappa shape index (κ1) is 32.6. The molecule has 0 aliphatic carbocycles. The highest BCUT2D eigenvalue weighted by Gasteiger charge is 2.23. The first-order valence-electron chi connectivity index (χ1n) is 15.0. The van der Waals surface area contributed by atoms with E-state index >= 15 is 0 Å². The van der Waals surface area contributed by atoms with Crippen LogP contribution in [-0.4, -0.2) is 58.2 Å². The first-order chi connectivity index (χ1) is 19.5. The Bertz CT molecular complexity index is 1280. The summed E-state index contributed by atoms with van der Waals surface area (Å²) in [5, 5.41) is 9.58. The zero-order valence-corrected chi connectivity index (χ0v) is 26.1. The van der Waals surface area contributed by atoms with Crippen LogP contribution in [0.3, 0.4) is 0 Å². The van der Waals surface area contributed by atoms with Crippen molar-refractivity contribution in [2.75, 3.05) is 30.2 Å². The van der Waals surface area contributed by atoms with Crippen molar-refractivity contribution in [1.29, 1.82) is 0 Å². The number of carbonyl (C=O) groups excluding carboxylic acids is 2. The lowest BCUT2D eigenvalue weighted by Crippen LogP contribution is -2.50. The fourth-order valence-electron chi connectivity index (χ4n) is 5.22. The third-order valence-corrected chi connectivity index (χ3v) is 8.56. The van der Waals surface area contributed by atoms with Gasteiger partial charge in [-0.3, -0.25) is 13.9 Å². The van der Waals surface area contributed by atoms with E-state index < -0.39 is 10.0 Å². The van der Waals surface area contributed by atoms with Gasteiger partial charge in [-0.1, -0.05) is 52.0 Å². The summed E-state index contributed by atoms with van der Waals surface area (Å²) < 4.78 is 26.7. The highest BCUT2D eigenvalue weighted by atomic mass is 32.2. The van der Waals surface area contributed by atoms with E-state index in [2.05, 4.69) is 54.1 Å². The number of anilines is 1. The maximum absolute atomic E-state index is 13.7. The van der Waals surface area contributed by atoms with Crippen LogP contribution >= 0.6 is 0 Å². The van der Waals surface area contributed by atoms with E-state index in [4.69, 9.17) is 0 Å². The maximum Gasteiger partial charge on any atom is 0.251 e. The molecular weight excluding hydrogens is 536 g/mol. The lowest BCUT2D eigenvalue weighted by Gasteiger charge is -2.25. The summed E-state index contributed by atoms with van der Waals surface area (Å²) in [6.45, 7) is 9.41. The summed E-state index contributed by atoms with van der Waals surface area (Å²) in [6, 6.07) is 13.3. The van der Waals surface area contributed by atoms with Crippen LogP contribution in [0.15, 0.2) is 42.5 Å². The van der Waals surface area contributed by atoms with E-state index in [0.29, 0.717) is 56.1 Å². The van der Waals surface area contributed by atoms with Crippen LogP contribution in [0, 0.1) is 5.92 Å². The lowest BCUT2D eigenvalue weighted by molar-refractivity contribution is -0.123. The Morgan fingerprint density at radius 3 is 2.41 bits per heavy atom. The Kier molecular flexibility index (Phi) is 12.2. The summed E-state index contributed by atoms with van der Waals surface area (Å²) >= 11 is 0. The van der Waals surface area contributed by atoms with Gasteiger partial charge in [-0.05, 0) is 85.8 Å². The molecule has 0 aromatic heterocycles. The molecule has 226 valence electrons. The molecule has 2 amide bonds. The molecule has 1 aliphatic heterocycles. The van der Waals surface area contributed by atoms with Crippen LogP contribution in [0.5, 0.6) is 0 Å². The average Bonchev–Trinajstić information content (AvgIpc) is 2.92. The number of hydrogen-bond acceptors (Lipinski definition) is 5. The second-order valence-corrected chi connectivity index (χ2v) is 13.5. The molecule has 1 heterocycles. The molecule has 2 atom stereocenters. The third kappa shape index (κ3) is 10.1. The fourth-order valence-corrected chi connectivity index (χ4v) is 6.22. The predicted molar refractivity (Wildman–Crippen MR) is 167 cm³/mol. The molecule has 0 unspecified atom stereocenters. The largest absolute Gasteiger partial charge is 0.354 e. The molecule has 0 saturated carbocycles. The summed E-state index contributed by atoms with van der Waals surface area (Å²) in [7, 11) is -3.51. The minimum atomic E-state index is -3.51. The smallest absolute Gasteiger partial charge is 0.251 e. The van der Waals surface area contributed by atoms with Crippen LogP contribution in [0.25, 0.3) is 0 Å². The van der Waals surface area contributed by atoms with Gasteiger partial charge in [0.15, 0.2) is 0 Å². The first-order valence-corrected chi connectivity index (χ1v) is 16.9. The molecule has 9 heteroatoms. The van der Waals surface area contributed by atoms with Crippen LogP contribution in [0.1, 0.15) is 80.4 Å². The van der Waals surface area contributed by atoms with E-state index in [9.17, 15) is 18.0 Å². The maximum atomic E-state index is 13.7. The quantitative estimate of drug-likeness (QED) is 0.367. The predicted octanol–water partition coefficient (Wildman–Crippen LogP) is 4.22. The van der Waals surface area contributed by atoms with Crippen LogP contribution in [0.2, 0.25) is 0 Å². The third-order valence-electron chi connectivity index (χ3n) is 7.36. The number of sulfonamides is 1. The second kappa shape index (κ2) is 15.4. The second-order valence-electron chi connectivity index (χ2n) is 11.6. The van der Waals surface area contributed by atoms with Crippen molar-refractivity contribution >= 4 is 27.5 Å². The van der Waals surface area contributed by atoms with Crippen molar-refractivity contribution in [2.45, 2.75) is 84.7 Å². The van der Waals surface area contributed by atoms with E-state index in [1.54, 1.807) is 6.07 Å². The monoisotopic (exact) mass is 584 g/mol. The number of carbonyl (C=O) groups is 2. The molecule has 41 heavy (non-hydrogen) atoms. The number of aryl methyl sites for hydroxylation is 2. The molecule has 1 aliphatic rings. The van der Waals surface area contributed by atoms with Gasteiger partial charge in [0.2, 0.25) is 15.9 Å². The topological polar surface area (TPSA) is 108 Å². The van der Waals surface area contributed by atoms with E-state index in [0.717, 1.165) is 36.8 Å². The van der Waals surface area contributed by atoms with Crippen molar-refractivity contribution in [1.82, 2.24) is 16.0 Å². The standard InChI is InChI=1S/C32H48N4O4S/c1-6-15-36(41(5,39)40)29-19-26-12-9-8-11-24-13-10-14-25(16-24)18-28(35-31(37)27(17-26)20-29)22-33-30(7-2)32(38)34-21-23(3)4/h10,13-14,16-17,19-20,23,28,30,33H,6-9,11-12,15,18,21-22H2,1-5H3,(H,34,38)(H,35,37)/t28-,30-/m0/s1. The SMILES string of the molecule is CCCN(c1cc2cc(c1)C(=O)N[C@H](CN[C@@H](CC)C(=O)NCC(C)C)Cc1cccc(c1)CCCC2)S(C)(=O)=O. The Balaban J connectivity index is 1.92. The minimum Gasteiger partial charge on any atom is -0.354 e. The lowest BCUT2D eigenvalue weighted by atomic mass is 9.97. The molecule has 0 fully saturated rings. The van der Waals surface area contributed by atoms with Gasteiger partial charge in [0, 0.05) is 31.2 Å². The number of nitrogens with zero attached hydrogens (tertiary/aromatic N) is 1. The average molecular weight is 585 g/mol. The zero-order valence-electron chi connectivity index (χ0n) is 25.3. The molecular formula is C32H48N4O4S. The Morgan fingerprint density at radius 2 is 1.76 bits per heavy atom. The van der Waals surface area contributed by atoms with Gasteiger partial charge >= 0.3 is 0 Å². The fraction of sp³-hybridized carbons (Fsp3) is 0.562. The number of amides is 2. The van der Waals surface area contributed by atoms with Gasteiger partial charge in [-0.2, -0.15) is 0 Å². The Morgan fingerprint density at radius 1 is 1.05 bits per heavy atom. The van der Waals surface area contributed by atoms with Gasteiger partial charge in [-0.25, -0.2) is 8.42 Å². The number of fused-ring (bicyclic) bond motifs is 4. The van der Waals surface area contributed by atoms with Gasteiger partial charge in [-0.15, -0.1) is 0 Å². The van der Waals surface area contributed by atoms with E-state index in [1.165, 1.54) is 16.1 Å². The molecule has 4 bridgehead atoms. The number of rotatable bonds is 11. The summed E-state index contributed by atoms with van der Waals surface area (Å²) in [5.41, 5.74) is 4.31. The number of hydrogen-bond donors (Lipinski definition) is 3. The Labute approximate surface area is 246 Å². The molecule has 3 N–H and O–H groups in total. The Hall–Kier alpha value is -2.91. The van der Waals surface area contributed by atoms with Crippen LogP contribution in [-0.2, 0) is 34.1 Å². The van der Waals surface area contributed by atoms with Crippen molar-refractivity contribution < 1.29 is 18.0 Å². The molecule has 0 spiro atoms. The molecule has 0 radical (unpaired) electrons. The number of nitrogens with one attached hydrogen (secondary N) is 3. The van der Waals surface area contributed by atoms with Gasteiger partial charge in [0.05, 0.1) is 18.0 Å². The summed E-state index contributed by atoms with van der Waals surface area (Å²) in [6.07, 6.45) is 6.74. The van der Waals surface area contributed by atoms with Crippen LogP contribution in [0.4, 0.5) is 5.69 Å². The molecule has 8 nitrogen and oxygen atoms in total. The highest BCUT2D eigenvalue weighted by molar-refractivity contribution is 7.92. The van der Waals surface area contributed by atoms with Crippen molar-refractivity contribution in [3.63, 3.8) is 0 Å².